The number of carbonyl (C=O) groups is 4. The third kappa shape index (κ3) is 4.07. The molecule has 230 valence electrons. The number of rotatable bonds is 8. The van der Waals surface area contributed by atoms with Crippen molar-refractivity contribution >= 4 is 34.7 Å². The molecule has 5 aliphatic rings. The predicted octanol–water partition coefficient (Wildman–Crippen LogP) is 4.00. The van der Waals surface area contributed by atoms with Crippen LogP contribution >= 0.6 is 0 Å². The molecule has 2 aliphatic carbocycles. The molecule has 0 N–H and O–H groups in total. The molecule has 3 aromatic rings. The van der Waals surface area contributed by atoms with E-state index in [1.807, 2.05) is 30.3 Å². The quantitative estimate of drug-likeness (QED) is 0.127. The second-order valence-electron chi connectivity index (χ2n) is 12.9. The van der Waals surface area contributed by atoms with Gasteiger partial charge in [0.25, 0.3) is 5.56 Å². The van der Waals surface area contributed by atoms with Crippen molar-refractivity contribution in [3.8, 4) is 11.4 Å². The summed E-state index contributed by atoms with van der Waals surface area (Å²) >= 11 is 0. The average Bonchev–Trinajstić information content (AvgIpc) is 3.80. The van der Waals surface area contributed by atoms with E-state index < -0.39 is 17.5 Å². The van der Waals surface area contributed by atoms with E-state index in [4.69, 9.17) is 14.5 Å². The number of hydrogen-bond donors (Lipinski definition) is 0. The number of likely N-dealkylation sites (tertiary alicyclic amines) is 1. The Morgan fingerprint density at radius 1 is 1.02 bits per heavy atom. The van der Waals surface area contributed by atoms with Crippen molar-refractivity contribution in [2.24, 2.45) is 23.7 Å². The predicted molar refractivity (Wildman–Crippen MR) is 161 cm³/mol. The zero-order valence-corrected chi connectivity index (χ0v) is 25.0. The Morgan fingerprint density at radius 2 is 1.78 bits per heavy atom. The lowest BCUT2D eigenvalue weighted by molar-refractivity contribution is -0.189. The number of aromatic nitrogens is 2. The number of imide groups is 1. The van der Waals surface area contributed by atoms with Gasteiger partial charge in [-0.3, -0.25) is 24.1 Å². The van der Waals surface area contributed by atoms with Crippen molar-refractivity contribution in [3.63, 3.8) is 0 Å². The van der Waals surface area contributed by atoms with E-state index in [1.165, 1.54) is 4.90 Å². The molecule has 1 saturated carbocycles. The van der Waals surface area contributed by atoms with Gasteiger partial charge in [0.1, 0.15) is 6.61 Å². The number of nitrogens with zero attached hydrogens (tertiary/aromatic N) is 3. The Labute approximate surface area is 259 Å². The molecule has 5 atom stereocenters. The van der Waals surface area contributed by atoms with Gasteiger partial charge in [-0.05, 0) is 55.7 Å². The molecule has 2 amide bonds. The third-order valence-corrected chi connectivity index (χ3v) is 10.5. The summed E-state index contributed by atoms with van der Waals surface area (Å²) in [5.74, 6) is -1.43. The van der Waals surface area contributed by atoms with Crippen LogP contribution in [0.3, 0.4) is 0 Å². The molecule has 8 rings (SSSR count). The minimum absolute atomic E-state index is 0.0475. The normalized spacial score (nSPS) is 27.0. The molecule has 1 saturated heterocycles. The van der Waals surface area contributed by atoms with Crippen LogP contribution in [-0.2, 0) is 47.4 Å². The Kier molecular flexibility index (Phi) is 6.34. The maximum atomic E-state index is 13.7. The Bertz CT molecular complexity index is 1880. The molecule has 3 aliphatic heterocycles. The van der Waals surface area contributed by atoms with Crippen LogP contribution in [0, 0.1) is 23.7 Å². The Hall–Kier alpha value is -4.60. The number of pyridine rings is 2. The summed E-state index contributed by atoms with van der Waals surface area (Å²) in [5.41, 5.74) is 1.60. The number of ether oxygens (including phenoxy) is 2. The van der Waals surface area contributed by atoms with Crippen molar-refractivity contribution in [1.29, 1.82) is 0 Å². The van der Waals surface area contributed by atoms with Gasteiger partial charge in [0.15, 0.2) is 0 Å². The first-order valence-electron chi connectivity index (χ1n) is 15.9. The van der Waals surface area contributed by atoms with Crippen LogP contribution in [0.15, 0.2) is 53.3 Å². The smallest absolute Gasteiger partial charge is 0.355 e. The summed E-state index contributed by atoms with van der Waals surface area (Å²) in [7, 11) is 0. The minimum atomic E-state index is -1.74. The third-order valence-electron chi connectivity index (χ3n) is 10.5. The first kappa shape index (κ1) is 27.9. The van der Waals surface area contributed by atoms with Gasteiger partial charge in [-0.25, -0.2) is 9.78 Å². The molecule has 10 nitrogen and oxygen atoms in total. The van der Waals surface area contributed by atoms with E-state index in [0.29, 0.717) is 54.9 Å². The van der Waals surface area contributed by atoms with E-state index in [2.05, 4.69) is 12.2 Å². The fourth-order valence-electron chi connectivity index (χ4n) is 8.23. The monoisotopic (exact) mass is 607 g/mol. The van der Waals surface area contributed by atoms with Gasteiger partial charge in [-0.1, -0.05) is 43.7 Å². The van der Waals surface area contributed by atoms with Gasteiger partial charge in [-0.15, -0.1) is 0 Å². The molecule has 1 aromatic carbocycles. The molecule has 45 heavy (non-hydrogen) atoms. The van der Waals surface area contributed by atoms with Crippen molar-refractivity contribution in [2.45, 2.75) is 64.2 Å². The highest BCUT2D eigenvalue weighted by Gasteiger charge is 2.59. The van der Waals surface area contributed by atoms with Crippen molar-refractivity contribution in [3.05, 3.63) is 75.6 Å². The summed E-state index contributed by atoms with van der Waals surface area (Å²) < 4.78 is 13.0. The average molecular weight is 608 g/mol. The van der Waals surface area contributed by atoms with Gasteiger partial charge in [0.2, 0.25) is 17.4 Å². The van der Waals surface area contributed by atoms with Crippen LogP contribution in [0.5, 0.6) is 0 Å². The minimum Gasteiger partial charge on any atom is -0.457 e. The molecular weight excluding hydrogens is 574 g/mol. The molecule has 2 fully saturated rings. The van der Waals surface area contributed by atoms with Gasteiger partial charge < -0.3 is 14.0 Å². The van der Waals surface area contributed by atoms with Gasteiger partial charge in [0.05, 0.1) is 40.8 Å². The largest absolute Gasteiger partial charge is 0.457 e. The van der Waals surface area contributed by atoms with E-state index in [1.54, 1.807) is 17.6 Å². The van der Waals surface area contributed by atoms with Crippen LogP contribution < -0.4 is 5.56 Å². The fourth-order valence-corrected chi connectivity index (χ4v) is 8.23. The Morgan fingerprint density at radius 3 is 2.53 bits per heavy atom. The summed E-state index contributed by atoms with van der Waals surface area (Å²) in [5, 5.41) is 0.975. The molecule has 0 radical (unpaired) electrons. The number of unbranched alkanes of at least 4 members (excludes halogenated alkanes) is 2. The second-order valence-corrected chi connectivity index (χ2v) is 12.9. The van der Waals surface area contributed by atoms with Gasteiger partial charge >= 0.3 is 11.9 Å². The van der Waals surface area contributed by atoms with Crippen LogP contribution in [0.1, 0.15) is 62.1 Å². The fraction of sp³-hybridized carbons (Fsp3) is 0.429. The standard InChI is InChI=1S/C35H33N3O7/c1-2-35(45-27(39)10-4-3-7-13-37-32(41)28-20-11-12-21(15-20)29(28)33(37)42)24-16-26-30-22(14-19-8-5-6-9-25(19)36-30)17-38(26)31(40)23(24)18-44-34(35)43/h5-6,8-9,11-12,14,16,20-21,28-29H,2-4,7,10,13,15,17-18H2,1H3/t20?,21?,28?,29?,35-/m1/s1. The molecule has 0 spiro atoms. The first-order chi connectivity index (χ1) is 21.8. The molecule has 2 aromatic heterocycles. The topological polar surface area (TPSA) is 125 Å². The number of fused-ring (bicyclic) bond motifs is 10. The van der Waals surface area contributed by atoms with Crippen molar-refractivity contribution in [2.75, 3.05) is 6.54 Å². The molecule has 5 heterocycles. The van der Waals surface area contributed by atoms with Gasteiger partial charge in [-0.2, -0.15) is 0 Å². The van der Waals surface area contributed by atoms with Crippen molar-refractivity contribution < 1.29 is 28.7 Å². The summed E-state index contributed by atoms with van der Waals surface area (Å²) in [4.78, 5) is 72.3. The highest BCUT2D eigenvalue weighted by molar-refractivity contribution is 6.06. The molecule has 10 heteroatoms. The summed E-state index contributed by atoms with van der Waals surface area (Å²) in [6, 6.07) is 11.5. The van der Waals surface area contributed by atoms with E-state index >= 15 is 0 Å². The van der Waals surface area contributed by atoms with Gasteiger partial charge in [0, 0.05) is 29.5 Å². The highest BCUT2D eigenvalue weighted by Crippen LogP contribution is 2.52. The lowest BCUT2D eigenvalue weighted by Crippen LogP contribution is -2.47. The molecule has 4 unspecified atom stereocenters. The number of esters is 2. The zero-order chi connectivity index (χ0) is 31.0. The van der Waals surface area contributed by atoms with E-state index in [-0.39, 0.29) is 60.5 Å². The maximum Gasteiger partial charge on any atom is 0.355 e. The number of para-hydroxylation sites is 1. The lowest BCUT2D eigenvalue weighted by atomic mass is 9.85. The van der Waals surface area contributed by atoms with Crippen LogP contribution in [0.2, 0.25) is 0 Å². The van der Waals surface area contributed by atoms with E-state index in [9.17, 15) is 24.0 Å². The molecule has 2 bridgehead atoms. The van der Waals surface area contributed by atoms with Crippen LogP contribution in [0.4, 0.5) is 0 Å². The number of hydrogen-bond acceptors (Lipinski definition) is 8. The lowest BCUT2D eigenvalue weighted by Gasteiger charge is -2.35. The number of cyclic esters (lactones) is 1. The van der Waals surface area contributed by atoms with Crippen molar-refractivity contribution in [1.82, 2.24) is 14.5 Å². The number of amides is 2. The first-order valence-corrected chi connectivity index (χ1v) is 15.9. The number of benzene rings is 1. The highest BCUT2D eigenvalue weighted by atomic mass is 16.6. The van der Waals surface area contributed by atoms with E-state index in [0.717, 1.165) is 22.9 Å². The number of allylic oxidation sites excluding steroid dienone is 2. The maximum absolute atomic E-state index is 13.7. The summed E-state index contributed by atoms with van der Waals surface area (Å²) in [6.07, 6.45) is 6.87. The van der Waals surface area contributed by atoms with Crippen LogP contribution in [0.25, 0.3) is 22.3 Å². The molecular formula is C35H33N3O7. The zero-order valence-electron chi connectivity index (χ0n) is 25.0. The summed E-state index contributed by atoms with van der Waals surface area (Å²) in [6.45, 7) is 2.24. The number of carbonyl (C=O) groups excluding carboxylic acids is 4. The van der Waals surface area contributed by atoms with Crippen LogP contribution in [-0.4, -0.2) is 44.7 Å². The SMILES string of the molecule is CC[C@]1(OC(=O)CCCCCN2C(=O)C3C4C=CC(C4)C3C2=O)C(=O)OCc2c1cc1n(c2=O)Cc2cc3ccccc3nc2-1. The Balaban J connectivity index is 0.967. The second kappa shape index (κ2) is 10.2.